The summed E-state index contributed by atoms with van der Waals surface area (Å²) in [5, 5.41) is 9.80. The van der Waals surface area contributed by atoms with Gasteiger partial charge in [0.15, 0.2) is 0 Å². The molecule has 0 heterocycles. The maximum Gasteiger partial charge on any atom is 0.122 e. The highest BCUT2D eigenvalue weighted by atomic mass is 16.5. The number of ether oxygens (including phenoxy) is 1. The fourth-order valence-corrected chi connectivity index (χ4v) is 3.50. The normalized spacial score (nSPS) is 19.7. The maximum absolute atomic E-state index is 9.80. The minimum atomic E-state index is -0.324. The Morgan fingerprint density at radius 3 is 2.65 bits per heavy atom. The van der Waals surface area contributed by atoms with Crippen molar-refractivity contribution in [2.75, 3.05) is 7.11 Å². The molecule has 0 bridgehead atoms. The van der Waals surface area contributed by atoms with E-state index in [0.717, 1.165) is 31.4 Å². The molecule has 0 fully saturated rings. The zero-order valence-corrected chi connectivity index (χ0v) is 15.2. The minimum absolute atomic E-state index is 0.141. The highest BCUT2D eigenvalue weighted by Crippen LogP contribution is 2.48. The summed E-state index contributed by atoms with van der Waals surface area (Å²) in [6.45, 7) is 12.7. The first-order chi connectivity index (χ1) is 10.8. The zero-order chi connectivity index (χ0) is 17.3. The monoisotopic (exact) mass is 311 g/mol. The molecule has 0 aromatic heterocycles. The third-order valence-corrected chi connectivity index (χ3v) is 5.28. The van der Waals surface area contributed by atoms with Crippen LogP contribution >= 0.6 is 0 Å². The number of allylic oxidation sites excluding steroid dienone is 1. The molecule has 2 rings (SSSR count). The van der Waals surface area contributed by atoms with Crippen LogP contribution in [0.15, 0.2) is 24.8 Å². The van der Waals surface area contributed by atoms with Gasteiger partial charge in [0.2, 0.25) is 0 Å². The standard InChI is InChI=1S/C21H29NO/c1-7-20(4,5)9-8-10-21(14-22)13-16-11-17(15(2)3)19(23-6)12-18(16)21/h7,11-12,15H,1,8-10,13H2,2-6H3. The van der Waals surface area contributed by atoms with Crippen molar-refractivity contribution in [2.45, 2.75) is 64.7 Å². The van der Waals surface area contributed by atoms with Crippen LogP contribution in [0.4, 0.5) is 0 Å². The van der Waals surface area contributed by atoms with Gasteiger partial charge in [-0.05, 0) is 53.4 Å². The van der Waals surface area contributed by atoms with Gasteiger partial charge in [-0.25, -0.2) is 0 Å². The summed E-state index contributed by atoms with van der Waals surface area (Å²) in [7, 11) is 1.72. The van der Waals surface area contributed by atoms with Gasteiger partial charge in [0.1, 0.15) is 5.75 Å². The van der Waals surface area contributed by atoms with Crippen LogP contribution in [0.5, 0.6) is 5.75 Å². The van der Waals surface area contributed by atoms with E-state index in [4.69, 9.17) is 4.74 Å². The van der Waals surface area contributed by atoms with Crippen molar-refractivity contribution in [1.82, 2.24) is 0 Å². The Bertz CT molecular complexity index is 636. The third-order valence-electron chi connectivity index (χ3n) is 5.28. The van der Waals surface area contributed by atoms with Gasteiger partial charge < -0.3 is 4.74 Å². The van der Waals surface area contributed by atoms with Gasteiger partial charge in [0.25, 0.3) is 0 Å². The number of hydrogen-bond donors (Lipinski definition) is 0. The number of rotatable bonds is 7. The molecule has 1 aromatic carbocycles. The first kappa shape index (κ1) is 17.6. The lowest BCUT2D eigenvalue weighted by molar-refractivity contribution is 0.355. The lowest BCUT2D eigenvalue weighted by Crippen LogP contribution is -2.38. The Balaban J connectivity index is 2.21. The topological polar surface area (TPSA) is 33.0 Å². The lowest BCUT2D eigenvalue weighted by atomic mass is 9.61. The molecule has 124 valence electrons. The van der Waals surface area contributed by atoms with Gasteiger partial charge in [-0.3, -0.25) is 0 Å². The van der Waals surface area contributed by atoms with E-state index in [9.17, 15) is 5.26 Å². The second kappa shape index (κ2) is 6.40. The lowest BCUT2D eigenvalue weighted by Gasteiger charge is -2.40. The summed E-state index contributed by atoms with van der Waals surface area (Å²) < 4.78 is 5.57. The summed E-state index contributed by atoms with van der Waals surface area (Å²) in [4.78, 5) is 0. The van der Waals surface area contributed by atoms with E-state index in [1.807, 2.05) is 6.08 Å². The first-order valence-electron chi connectivity index (χ1n) is 8.55. The summed E-state index contributed by atoms with van der Waals surface area (Å²) in [6, 6.07) is 6.94. The largest absolute Gasteiger partial charge is 0.496 e. The van der Waals surface area contributed by atoms with Gasteiger partial charge in [-0.1, -0.05) is 46.3 Å². The number of methoxy groups -OCH3 is 1. The SMILES string of the molecule is C=CC(C)(C)CCCC1(C#N)Cc2cc(C(C)C)c(OC)cc21. The maximum atomic E-state index is 9.80. The van der Waals surface area contributed by atoms with Gasteiger partial charge in [-0.15, -0.1) is 6.58 Å². The van der Waals surface area contributed by atoms with Crippen LogP contribution in [0.2, 0.25) is 0 Å². The number of fused-ring (bicyclic) bond motifs is 1. The van der Waals surface area contributed by atoms with Crippen LogP contribution in [0, 0.1) is 16.7 Å². The molecule has 0 spiro atoms. The van der Waals surface area contributed by atoms with Crippen LogP contribution in [0.3, 0.4) is 0 Å². The molecule has 0 amide bonds. The van der Waals surface area contributed by atoms with Crippen molar-refractivity contribution >= 4 is 0 Å². The average molecular weight is 311 g/mol. The van der Waals surface area contributed by atoms with Crippen molar-refractivity contribution in [2.24, 2.45) is 5.41 Å². The van der Waals surface area contributed by atoms with E-state index < -0.39 is 0 Å². The number of hydrogen-bond acceptors (Lipinski definition) is 2. The molecule has 2 heteroatoms. The predicted molar refractivity (Wildman–Crippen MR) is 95.9 cm³/mol. The van der Waals surface area contributed by atoms with E-state index in [1.54, 1.807) is 7.11 Å². The van der Waals surface area contributed by atoms with Crippen molar-refractivity contribution in [1.29, 1.82) is 5.26 Å². The first-order valence-corrected chi connectivity index (χ1v) is 8.55. The Hall–Kier alpha value is -1.75. The Morgan fingerprint density at radius 1 is 1.43 bits per heavy atom. The molecule has 0 N–H and O–H groups in total. The molecule has 1 aliphatic carbocycles. The quantitative estimate of drug-likeness (QED) is 0.621. The van der Waals surface area contributed by atoms with Gasteiger partial charge in [-0.2, -0.15) is 5.26 Å². The number of nitriles is 1. The van der Waals surface area contributed by atoms with Crippen molar-refractivity contribution in [3.63, 3.8) is 0 Å². The molecule has 0 aliphatic heterocycles. The summed E-state index contributed by atoms with van der Waals surface area (Å²) >= 11 is 0. The molecule has 0 saturated heterocycles. The van der Waals surface area contributed by atoms with E-state index >= 15 is 0 Å². The highest BCUT2D eigenvalue weighted by Gasteiger charge is 2.43. The highest BCUT2D eigenvalue weighted by molar-refractivity contribution is 5.56. The zero-order valence-electron chi connectivity index (χ0n) is 15.2. The van der Waals surface area contributed by atoms with Gasteiger partial charge >= 0.3 is 0 Å². The summed E-state index contributed by atoms with van der Waals surface area (Å²) in [5.74, 6) is 1.35. The van der Waals surface area contributed by atoms with Crippen LogP contribution in [0.25, 0.3) is 0 Å². The molecular weight excluding hydrogens is 282 g/mol. The van der Waals surface area contributed by atoms with Crippen molar-refractivity contribution in [3.8, 4) is 11.8 Å². The molecule has 1 aliphatic rings. The number of benzene rings is 1. The molecule has 1 unspecified atom stereocenters. The van der Waals surface area contributed by atoms with Crippen LogP contribution in [-0.2, 0) is 11.8 Å². The number of nitrogens with zero attached hydrogens (tertiary/aromatic N) is 1. The average Bonchev–Trinajstić information content (AvgIpc) is 2.51. The second-order valence-electron chi connectivity index (χ2n) is 7.82. The predicted octanol–water partition coefficient (Wildman–Crippen LogP) is 5.52. The van der Waals surface area contributed by atoms with Gasteiger partial charge in [0.05, 0.1) is 18.6 Å². The van der Waals surface area contributed by atoms with Crippen LogP contribution < -0.4 is 4.74 Å². The molecular formula is C21H29NO. The van der Waals surface area contributed by atoms with Crippen molar-refractivity contribution in [3.05, 3.63) is 41.5 Å². The summed E-state index contributed by atoms with van der Waals surface area (Å²) in [6.07, 6.45) is 5.91. The molecule has 1 aromatic rings. The Labute approximate surface area is 141 Å². The van der Waals surface area contributed by atoms with Gasteiger partial charge in [0, 0.05) is 0 Å². The van der Waals surface area contributed by atoms with E-state index in [1.165, 1.54) is 16.7 Å². The minimum Gasteiger partial charge on any atom is -0.496 e. The third kappa shape index (κ3) is 3.29. The molecule has 0 radical (unpaired) electrons. The van der Waals surface area contributed by atoms with Crippen LogP contribution in [-0.4, -0.2) is 7.11 Å². The Kier molecular flexibility index (Phi) is 4.90. The molecule has 0 saturated carbocycles. The fraction of sp³-hybridized carbons (Fsp3) is 0.571. The summed E-state index contributed by atoms with van der Waals surface area (Å²) in [5.41, 5.74) is 3.56. The van der Waals surface area contributed by atoms with E-state index in [0.29, 0.717) is 5.92 Å². The van der Waals surface area contributed by atoms with Crippen LogP contribution in [0.1, 0.15) is 69.6 Å². The second-order valence-corrected chi connectivity index (χ2v) is 7.82. The molecule has 23 heavy (non-hydrogen) atoms. The Morgan fingerprint density at radius 2 is 2.13 bits per heavy atom. The molecule has 2 nitrogen and oxygen atoms in total. The van der Waals surface area contributed by atoms with E-state index in [-0.39, 0.29) is 10.8 Å². The molecule has 1 atom stereocenters. The smallest absolute Gasteiger partial charge is 0.122 e. The van der Waals surface area contributed by atoms with E-state index in [2.05, 4.69) is 52.5 Å². The fourth-order valence-electron chi connectivity index (χ4n) is 3.50. The van der Waals surface area contributed by atoms with Crippen molar-refractivity contribution < 1.29 is 4.74 Å².